The number of hydrogen-bond donors (Lipinski definition) is 0. The summed E-state index contributed by atoms with van der Waals surface area (Å²) >= 11 is 1.65. The highest BCUT2D eigenvalue weighted by atomic mass is 32.1. The van der Waals surface area contributed by atoms with Gasteiger partial charge in [0.05, 0.1) is 34.9 Å². The molecular weight excluding hydrogens is 422 g/mol. The lowest BCUT2D eigenvalue weighted by Gasteiger charge is -2.30. The van der Waals surface area contributed by atoms with E-state index in [2.05, 4.69) is 6.07 Å². The van der Waals surface area contributed by atoms with Gasteiger partial charge in [-0.2, -0.15) is 5.26 Å². The maximum atomic E-state index is 12.8. The summed E-state index contributed by atoms with van der Waals surface area (Å²) in [5.41, 5.74) is 2.73. The smallest absolute Gasteiger partial charge is 0.254 e. The van der Waals surface area contributed by atoms with Crippen LogP contribution in [-0.2, 0) is 9.53 Å². The van der Waals surface area contributed by atoms with Crippen LogP contribution in [-0.4, -0.2) is 47.9 Å². The molecule has 2 fully saturated rings. The first-order chi connectivity index (χ1) is 15.6. The second-order valence-corrected chi connectivity index (χ2v) is 9.75. The fourth-order valence-electron chi connectivity index (χ4n) is 4.82. The van der Waals surface area contributed by atoms with E-state index < -0.39 is 0 Å². The molecule has 1 aromatic carbocycles. The molecule has 168 valence electrons. The highest BCUT2D eigenvalue weighted by Crippen LogP contribution is 2.44. The second kappa shape index (κ2) is 10.4. The number of benzene rings is 1. The lowest BCUT2D eigenvalue weighted by molar-refractivity contribution is -0.124. The molecule has 2 aliphatic rings. The van der Waals surface area contributed by atoms with Gasteiger partial charge in [-0.05, 0) is 37.5 Å². The van der Waals surface area contributed by atoms with E-state index in [0.717, 1.165) is 46.8 Å². The van der Waals surface area contributed by atoms with E-state index in [1.807, 2.05) is 36.1 Å². The largest absolute Gasteiger partial charge is 0.378 e. The van der Waals surface area contributed by atoms with E-state index in [1.54, 1.807) is 11.3 Å². The van der Waals surface area contributed by atoms with Crippen molar-refractivity contribution in [3.63, 3.8) is 0 Å². The number of carbonyl (C=O) groups is 2. The molecule has 1 saturated heterocycles. The summed E-state index contributed by atoms with van der Waals surface area (Å²) in [6, 6.07) is 9.88. The van der Waals surface area contributed by atoms with E-state index in [4.69, 9.17) is 15.0 Å². The number of aromatic nitrogens is 1. The van der Waals surface area contributed by atoms with Crippen LogP contribution in [0.3, 0.4) is 0 Å². The zero-order chi connectivity index (χ0) is 22.5. The van der Waals surface area contributed by atoms with Crippen molar-refractivity contribution < 1.29 is 14.3 Å². The highest BCUT2D eigenvalue weighted by Gasteiger charge is 2.34. The van der Waals surface area contributed by atoms with Crippen molar-refractivity contribution >= 4 is 23.0 Å². The van der Waals surface area contributed by atoms with Crippen LogP contribution in [0.15, 0.2) is 24.3 Å². The van der Waals surface area contributed by atoms with Gasteiger partial charge in [-0.3, -0.25) is 9.59 Å². The molecule has 2 aromatic rings. The van der Waals surface area contributed by atoms with E-state index in [0.29, 0.717) is 38.3 Å². The lowest BCUT2D eigenvalue weighted by atomic mass is 9.74. The second-order valence-electron chi connectivity index (χ2n) is 8.55. The Morgan fingerprint density at radius 3 is 2.62 bits per heavy atom. The minimum absolute atomic E-state index is 0.0380. The Kier molecular flexibility index (Phi) is 7.33. The number of amides is 1. The summed E-state index contributed by atoms with van der Waals surface area (Å²) < 4.78 is 5.34. The first-order valence-corrected chi connectivity index (χ1v) is 12.2. The molecule has 2 atom stereocenters. The van der Waals surface area contributed by atoms with E-state index in [9.17, 15) is 9.59 Å². The van der Waals surface area contributed by atoms with Crippen molar-refractivity contribution in [1.29, 1.82) is 5.26 Å². The van der Waals surface area contributed by atoms with Crippen LogP contribution in [0.4, 0.5) is 0 Å². The number of hydrogen-bond acceptors (Lipinski definition) is 6. The molecule has 0 N–H and O–H groups in total. The number of thiazole rings is 1. The van der Waals surface area contributed by atoms with Gasteiger partial charge in [0.1, 0.15) is 5.78 Å². The number of nitriles is 1. The zero-order valence-corrected chi connectivity index (χ0v) is 19.3. The molecule has 2 heterocycles. The van der Waals surface area contributed by atoms with Crippen LogP contribution in [0, 0.1) is 24.2 Å². The van der Waals surface area contributed by atoms with E-state index >= 15 is 0 Å². The minimum atomic E-state index is -0.0560. The van der Waals surface area contributed by atoms with Gasteiger partial charge in [-0.1, -0.05) is 25.0 Å². The summed E-state index contributed by atoms with van der Waals surface area (Å²) in [6.45, 7) is 4.43. The van der Waals surface area contributed by atoms with Crippen LogP contribution in [0.2, 0.25) is 0 Å². The number of ketones is 1. The maximum Gasteiger partial charge on any atom is 0.254 e. The van der Waals surface area contributed by atoms with Gasteiger partial charge >= 0.3 is 0 Å². The number of morpholine rings is 1. The Hall–Kier alpha value is -2.56. The molecule has 7 heteroatoms. The van der Waals surface area contributed by atoms with Crippen molar-refractivity contribution in [3.8, 4) is 16.5 Å². The number of carbonyl (C=O) groups excluding carboxylic acids is 2. The van der Waals surface area contributed by atoms with Crippen molar-refractivity contribution in [2.45, 2.75) is 51.4 Å². The summed E-state index contributed by atoms with van der Waals surface area (Å²) in [5.74, 6) is 0.277. The topological polar surface area (TPSA) is 83.3 Å². The molecular formula is C25H29N3O3S. The van der Waals surface area contributed by atoms with E-state index in [1.165, 1.54) is 0 Å². The Morgan fingerprint density at radius 1 is 1.19 bits per heavy atom. The van der Waals surface area contributed by atoms with Gasteiger partial charge in [0.2, 0.25) is 0 Å². The number of rotatable bonds is 6. The van der Waals surface area contributed by atoms with Gasteiger partial charge in [-0.15, -0.1) is 11.3 Å². The average Bonchev–Trinajstić information content (AvgIpc) is 3.24. The van der Waals surface area contributed by atoms with Crippen LogP contribution >= 0.6 is 11.3 Å². The van der Waals surface area contributed by atoms with Crippen LogP contribution < -0.4 is 0 Å². The summed E-state index contributed by atoms with van der Waals surface area (Å²) in [7, 11) is 0. The van der Waals surface area contributed by atoms with Crippen molar-refractivity contribution in [2.75, 3.05) is 26.3 Å². The Bertz CT molecular complexity index is 1000. The van der Waals surface area contributed by atoms with E-state index in [-0.39, 0.29) is 29.9 Å². The molecule has 4 rings (SSSR count). The molecule has 6 nitrogen and oxygen atoms in total. The third kappa shape index (κ3) is 4.92. The van der Waals surface area contributed by atoms with Crippen LogP contribution in [0.5, 0.6) is 0 Å². The third-order valence-electron chi connectivity index (χ3n) is 6.47. The monoisotopic (exact) mass is 451 g/mol. The van der Waals surface area contributed by atoms with Gasteiger partial charge in [0.25, 0.3) is 5.91 Å². The highest BCUT2D eigenvalue weighted by molar-refractivity contribution is 7.15. The predicted octanol–water partition coefficient (Wildman–Crippen LogP) is 4.74. The molecule has 0 unspecified atom stereocenters. The lowest BCUT2D eigenvalue weighted by Crippen LogP contribution is -2.40. The molecule has 1 amide bonds. The van der Waals surface area contributed by atoms with Crippen molar-refractivity contribution in [3.05, 3.63) is 40.5 Å². The van der Waals surface area contributed by atoms with Gasteiger partial charge in [0.15, 0.2) is 0 Å². The molecule has 1 aliphatic heterocycles. The third-order valence-corrected chi connectivity index (χ3v) is 7.50. The summed E-state index contributed by atoms with van der Waals surface area (Å²) in [4.78, 5) is 33.4. The van der Waals surface area contributed by atoms with Gasteiger partial charge in [-0.25, -0.2) is 4.98 Å². The molecule has 1 saturated carbocycles. The zero-order valence-electron chi connectivity index (χ0n) is 18.5. The summed E-state index contributed by atoms with van der Waals surface area (Å²) in [5, 5.41) is 9.87. The van der Waals surface area contributed by atoms with Gasteiger partial charge in [0, 0.05) is 43.3 Å². The molecule has 1 aliphatic carbocycles. The van der Waals surface area contributed by atoms with Crippen molar-refractivity contribution in [1.82, 2.24) is 9.88 Å². The standard InChI is InChI=1S/C25H29N3O3S/c1-17-27-23(21-6-3-2-5-20(21)22(29)7-4-12-26)24(32-17)18-8-10-19(11-9-18)25(30)28-13-15-31-16-14-28/h8-11,20-21H,2-7,13-16H2,1H3/t20-,21-/m0/s1. The van der Waals surface area contributed by atoms with Crippen LogP contribution in [0.25, 0.3) is 10.4 Å². The maximum absolute atomic E-state index is 12.8. The van der Waals surface area contributed by atoms with Gasteiger partial charge < -0.3 is 9.64 Å². The normalized spacial score (nSPS) is 21.2. The number of Topliss-reactive ketones (excluding diaryl/α,β-unsaturated/α-hetero) is 1. The fraction of sp³-hybridized carbons (Fsp3) is 0.520. The Labute approximate surface area is 193 Å². The minimum Gasteiger partial charge on any atom is -0.378 e. The first kappa shape index (κ1) is 22.6. The predicted molar refractivity (Wildman–Crippen MR) is 124 cm³/mol. The summed E-state index contributed by atoms with van der Waals surface area (Å²) in [6.07, 6.45) is 4.58. The molecule has 0 bridgehead atoms. The number of ether oxygens (including phenoxy) is 1. The van der Waals surface area contributed by atoms with Crippen LogP contribution in [0.1, 0.15) is 65.5 Å². The van der Waals surface area contributed by atoms with Crippen molar-refractivity contribution in [2.24, 2.45) is 5.92 Å². The molecule has 0 spiro atoms. The fourth-order valence-corrected chi connectivity index (χ4v) is 5.82. The molecule has 0 radical (unpaired) electrons. The Balaban J connectivity index is 1.58. The number of nitrogens with zero attached hydrogens (tertiary/aromatic N) is 3. The Morgan fingerprint density at radius 2 is 1.91 bits per heavy atom. The number of aryl methyl sites for hydroxylation is 1. The average molecular weight is 452 g/mol. The quantitative estimate of drug-likeness (QED) is 0.634. The molecule has 1 aromatic heterocycles. The molecule has 32 heavy (non-hydrogen) atoms. The first-order valence-electron chi connectivity index (χ1n) is 11.4. The SMILES string of the molecule is Cc1nc([C@H]2CCCC[C@@H]2C(=O)CCC#N)c(-c2ccc(C(=O)N3CCOCC3)cc2)s1.